The van der Waals surface area contributed by atoms with Gasteiger partial charge in [-0.1, -0.05) is 70.7 Å². The molecule has 0 heterocycles. The molecule has 1 aliphatic carbocycles. The van der Waals surface area contributed by atoms with E-state index in [0.717, 1.165) is 18.3 Å². The first-order chi connectivity index (χ1) is 15.6. The summed E-state index contributed by atoms with van der Waals surface area (Å²) in [5, 5.41) is 0. The van der Waals surface area contributed by atoms with Crippen LogP contribution in [0.3, 0.4) is 0 Å². The van der Waals surface area contributed by atoms with E-state index < -0.39 is 0 Å². The Morgan fingerprint density at radius 1 is 0.906 bits per heavy atom. The van der Waals surface area contributed by atoms with Crippen LogP contribution in [0.5, 0.6) is 5.75 Å². The molecule has 0 N–H and O–H groups in total. The van der Waals surface area contributed by atoms with E-state index in [4.69, 9.17) is 4.74 Å². The fraction of sp³-hybridized carbons (Fsp3) is 0.567. The zero-order valence-electron chi connectivity index (χ0n) is 20.4. The molecule has 0 amide bonds. The van der Waals surface area contributed by atoms with Gasteiger partial charge in [-0.3, -0.25) is 0 Å². The standard InChI is InChI=1S/C30H42O2/c1-4-6-7-8-9-24-12-20-29(21-13-24)32-30(31)28-18-16-27(17-19-28)26-14-10-25(11-15-26)22-23(3)5-2/h12-13,16-21,23,25-26H,4-11,14-15,22H2,1-3H3. The van der Waals surface area contributed by atoms with Crippen molar-refractivity contribution < 1.29 is 9.53 Å². The van der Waals surface area contributed by atoms with Crippen LogP contribution in [0.15, 0.2) is 48.5 Å². The fourth-order valence-corrected chi connectivity index (χ4v) is 5.00. The van der Waals surface area contributed by atoms with Crippen molar-refractivity contribution in [2.45, 2.75) is 97.3 Å². The quantitative estimate of drug-likeness (QED) is 0.201. The average molecular weight is 435 g/mol. The number of rotatable bonds is 11. The summed E-state index contributed by atoms with van der Waals surface area (Å²) >= 11 is 0. The zero-order valence-corrected chi connectivity index (χ0v) is 20.4. The maximum atomic E-state index is 12.6. The third-order valence-electron chi connectivity index (χ3n) is 7.35. The number of carbonyl (C=O) groups is 1. The van der Waals surface area contributed by atoms with E-state index in [1.807, 2.05) is 24.3 Å². The van der Waals surface area contributed by atoms with Crippen molar-refractivity contribution >= 4 is 5.97 Å². The molecule has 3 rings (SSSR count). The predicted molar refractivity (Wildman–Crippen MR) is 134 cm³/mol. The van der Waals surface area contributed by atoms with Crippen LogP contribution in [0.25, 0.3) is 0 Å². The van der Waals surface area contributed by atoms with Crippen LogP contribution in [0.2, 0.25) is 0 Å². The third-order valence-corrected chi connectivity index (χ3v) is 7.35. The van der Waals surface area contributed by atoms with E-state index in [1.54, 1.807) is 0 Å². The molecule has 2 aromatic carbocycles. The summed E-state index contributed by atoms with van der Waals surface area (Å²) in [5.74, 6) is 2.74. The highest BCUT2D eigenvalue weighted by molar-refractivity contribution is 5.91. The Morgan fingerprint density at radius 2 is 1.59 bits per heavy atom. The van der Waals surface area contributed by atoms with Gasteiger partial charge in [0.25, 0.3) is 0 Å². The molecule has 2 nitrogen and oxygen atoms in total. The van der Waals surface area contributed by atoms with Gasteiger partial charge in [0.15, 0.2) is 0 Å². The van der Waals surface area contributed by atoms with Gasteiger partial charge in [-0.05, 0) is 98.1 Å². The van der Waals surface area contributed by atoms with E-state index in [0.29, 0.717) is 17.2 Å². The number of hydrogen-bond acceptors (Lipinski definition) is 2. The van der Waals surface area contributed by atoms with Crippen LogP contribution < -0.4 is 4.74 Å². The lowest BCUT2D eigenvalue weighted by molar-refractivity contribution is 0.0734. The Balaban J connectivity index is 1.47. The molecule has 2 heteroatoms. The third kappa shape index (κ3) is 7.50. The smallest absolute Gasteiger partial charge is 0.343 e. The summed E-state index contributed by atoms with van der Waals surface area (Å²) in [6.45, 7) is 6.91. The average Bonchev–Trinajstić information content (AvgIpc) is 2.83. The second-order valence-electron chi connectivity index (χ2n) is 9.93. The van der Waals surface area contributed by atoms with Crippen molar-refractivity contribution in [3.63, 3.8) is 0 Å². The van der Waals surface area contributed by atoms with Crippen LogP contribution in [-0.4, -0.2) is 5.97 Å². The Hall–Kier alpha value is -2.09. The number of hydrogen-bond donors (Lipinski definition) is 0. The maximum Gasteiger partial charge on any atom is 0.343 e. The number of esters is 1. The van der Waals surface area contributed by atoms with Gasteiger partial charge in [-0.2, -0.15) is 0 Å². The molecule has 0 bridgehead atoms. The van der Waals surface area contributed by atoms with Crippen molar-refractivity contribution in [2.24, 2.45) is 11.8 Å². The number of unbranched alkanes of at least 4 members (excludes halogenated alkanes) is 3. The molecule has 1 atom stereocenters. The van der Waals surface area contributed by atoms with E-state index in [-0.39, 0.29) is 5.97 Å². The lowest BCUT2D eigenvalue weighted by Gasteiger charge is -2.30. The molecule has 1 saturated carbocycles. The molecule has 0 aliphatic heterocycles. The minimum absolute atomic E-state index is 0.274. The van der Waals surface area contributed by atoms with Crippen LogP contribution in [-0.2, 0) is 6.42 Å². The summed E-state index contributed by atoms with van der Waals surface area (Å²) in [6.07, 6.45) is 14.1. The van der Waals surface area contributed by atoms with E-state index >= 15 is 0 Å². The molecular formula is C30H42O2. The van der Waals surface area contributed by atoms with E-state index in [2.05, 4.69) is 45.0 Å². The van der Waals surface area contributed by atoms with Gasteiger partial charge >= 0.3 is 5.97 Å². The first kappa shape index (κ1) is 24.6. The highest BCUT2D eigenvalue weighted by atomic mass is 16.5. The minimum atomic E-state index is -0.274. The van der Waals surface area contributed by atoms with Gasteiger partial charge in [0.05, 0.1) is 5.56 Å². The van der Waals surface area contributed by atoms with Gasteiger partial charge < -0.3 is 4.74 Å². The largest absolute Gasteiger partial charge is 0.423 e. The minimum Gasteiger partial charge on any atom is -0.423 e. The molecule has 0 radical (unpaired) electrons. The Labute approximate surface area is 195 Å². The van der Waals surface area contributed by atoms with Gasteiger partial charge in [-0.25, -0.2) is 4.79 Å². The van der Waals surface area contributed by atoms with Crippen LogP contribution in [0.1, 0.15) is 112 Å². The molecule has 0 saturated heterocycles. The van der Waals surface area contributed by atoms with Crippen LogP contribution in [0.4, 0.5) is 0 Å². The second-order valence-corrected chi connectivity index (χ2v) is 9.93. The monoisotopic (exact) mass is 434 g/mol. The Morgan fingerprint density at radius 3 is 2.22 bits per heavy atom. The highest BCUT2D eigenvalue weighted by Crippen LogP contribution is 2.38. The summed E-state index contributed by atoms with van der Waals surface area (Å²) in [7, 11) is 0. The first-order valence-corrected chi connectivity index (χ1v) is 13.0. The molecule has 0 spiro atoms. The summed E-state index contributed by atoms with van der Waals surface area (Å²) in [4.78, 5) is 12.6. The second kappa shape index (κ2) is 12.8. The number of ether oxygens (including phenoxy) is 1. The molecule has 1 unspecified atom stereocenters. The van der Waals surface area contributed by atoms with E-state index in [1.165, 1.54) is 75.3 Å². The fourth-order valence-electron chi connectivity index (χ4n) is 5.00. The summed E-state index contributed by atoms with van der Waals surface area (Å²) < 4.78 is 5.61. The lowest BCUT2D eigenvalue weighted by Crippen LogP contribution is -2.16. The van der Waals surface area contributed by atoms with Gasteiger partial charge in [0, 0.05) is 0 Å². The molecule has 2 aromatic rings. The summed E-state index contributed by atoms with van der Waals surface area (Å²) in [6, 6.07) is 16.1. The molecule has 174 valence electrons. The SMILES string of the molecule is CCCCCCc1ccc(OC(=O)c2ccc(C3CCC(CC(C)CC)CC3)cc2)cc1. The van der Waals surface area contributed by atoms with Gasteiger partial charge in [0.2, 0.25) is 0 Å². The number of benzene rings is 2. The number of carbonyl (C=O) groups excluding carboxylic acids is 1. The molecule has 0 aromatic heterocycles. The maximum absolute atomic E-state index is 12.6. The Bertz CT molecular complexity index is 798. The van der Waals surface area contributed by atoms with Gasteiger partial charge in [0.1, 0.15) is 5.75 Å². The topological polar surface area (TPSA) is 26.3 Å². The van der Waals surface area contributed by atoms with E-state index in [9.17, 15) is 4.79 Å². The highest BCUT2D eigenvalue weighted by Gasteiger charge is 2.23. The predicted octanol–water partition coefficient (Wildman–Crippen LogP) is 8.74. The van der Waals surface area contributed by atoms with Crippen LogP contribution in [0, 0.1) is 11.8 Å². The van der Waals surface area contributed by atoms with Crippen molar-refractivity contribution in [1.29, 1.82) is 0 Å². The molecule has 1 aliphatic rings. The lowest BCUT2D eigenvalue weighted by atomic mass is 9.75. The first-order valence-electron chi connectivity index (χ1n) is 13.0. The molecular weight excluding hydrogens is 392 g/mol. The van der Waals surface area contributed by atoms with Crippen molar-refractivity contribution in [1.82, 2.24) is 0 Å². The van der Waals surface area contributed by atoms with Crippen molar-refractivity contribution in [2.75, 3.05) is 0 Å². The van der Waals surface area contributed by atoms with Gasteiger partial charge in [-0.15, -0.1) is 0 Å². The van der Waals surface area contributed by atoms with Crippen molar-refractivity contribution in [3.8, 4) is 5.75 Å². The normalized spacial score (nSPS) is 19.5. The Kier molecular flexibility index (Phi) is 9.84. The zero-order chi connectivity index (χ0) is 22.8. The molecule has 32 heavy (non-hydrogen) atoms. The molecule has 1 fully saturated rings. The van der Waals surface area contributed by atoms with Crippen molar-refractivity contribution in [3.05, 3.63) is 65.2 Å². The van der Waals surface area contributed by atoms with Crippen LogP contribution >= 0.6 is 0 Å². The number of aryl methyl sites for hydroxylation is 1. The summed E-state index contributed by atoms with van der Waals surface area (Å²) in [5.41, 5.74) is 3.31.